The normalized spacial score (nSPS) is 15.8. The van der Waals surface area contributed by atoms with Gasteiger partial charge in [0.25, 0.3) is 6.33 Å². The molecule has 0 spiro atoms. The molecule has 0 amide bonds. The molecule has 89 heavy (non-hydrogen) atoms. The van der Waals surface area contributed by atoms with E-state index in [9.17, 15) is 24.7 Å². The first-order valence-electron chi connectivity index (χ1n) is 40.6. The summed E-state index contributed by atoms with van der Waals surface area (Å²) in [4.78, 5) is 4.85. The Bertz CT molecular complexity index is 6440. The molecule has 1 aliphatic heterocycles. The van der Waals surface area contributed by atoms with E-state index in [2.05, 4.69) is 39.2 Å². The third kappa shape index (κ3) is 9.33. The zero-order chi connectivity index (χ0) is 80.7. The number of para-hydroxylation sites is 2. The van der Waals surface area contributed by atoms with Crippen molar-refractivity contribution in [3.05, 3.63) is 321 Å². The van der Waals surface area contributed by atoms with Crippen LogP contribution in [0, 0.1) is 18.5 Å². The molecular formula is C82H58N4OPtSi-2. The Morgan fingerprint density at radius 3 is 1.69 bits per heavy atom. The van der Waals surface area contributed by atoms with Crippen molar-refractivity contribution < 1.29 is 64.6 Å². The van der Waals surface area contributed by atoms with Crippen molar-refractivity contribution in [3.63, 3.8) is 0 Å². The number of benzene rings is 12. The van der Waals surface area contributed by atoms with Crippen LogP contribution in [0.25, 0.3) is 106 Å². The average molecular weight is 1360 g/mol. The number of fused-ring (bicyclic) bond motifs is 10. The number of ether oxygens (including phenoxy) is 1. The SMILES string of the molecule is [2H]c1c([2H])c([2H])c(-c2cccc3c2-c2cccc(-c4c([2H])c([2H])c([2H])c([2H])c4[2H])c2-[n+]2[c-]n(-c4[c-]c(Oc5[c-]c6c(cc5)c5ccccc5n6-c5cc(C(C)(C)C)ccn5)ccc4)c4cc([Si](c5c([2H])c([2H])c([2H])c([2H])c5[2H])(c5c([2H])c([2H])c([2H])c([2H])c5[2H])c5c([2H])c([2H])c([2H])c([2H])c5[2H])cc(c42)-c2ccccc2-3)c([2H])c1[2H].[Pt]. The Morgan fingerprint density at radius 1 is 0.472 bits per heavy atom. The summed E-state index contributed by atoms with van der Waals surface area (Å²) in [6.45, 7) is 6.30. The van der Waals surface area contributed by atoms with Crippen molar-refractivity contribution >= 4 is 61.7 Å². The van der Waals surface area contributed by atoms with E-state index < -0.39 is 175 Å². The Kier molecular flexibility index (Phi) is 8.68. The van der Waals surface area contributed by atoms with Gasteiger partial charge in [-0.2, -0.15) is 18.2 Å². The number of aromatic nitrogens is 4. The zero-order valence-corrected chi connectivity index (χ0v) is 50.6. The van der Waals surface area contributed by atoms with Crippen LogP contribution in [-0.4, -0.2) is 22.2 Å². The molecule has 16 rings (SSSR count). The maximum Gasteiger partial charge on any atom is 0.268 e. The molecule has 0 unspecified atom stereocenters. The summed E-state index contributed by atoms with van der Waals surface area (Å²) in [6, 6.07) is 24.2. The number of imidazole rings is 1. The van der Waals surface area contributed by atoms with Gasteiger partial charge in [0, 0.05) is 44.3 Å². The van der Waals surface area contributed by atoms with Crippen LogP contribution in [0.2, 0.25) is 0 Å². The minimum Gasteiger partial charge on any atom is -0.510 e. The molecule has 0 bridgehead atoms. The molecule has 0 N–H and O–H groups in total. The van der Waals surface area contributed by atoms with Crippen LogP contribution in [0.4, 0.5) is 0 Å². The Labute approximate surface area is 569 Å². The number of hydrogen-bond donors (Lipinski definition) is 0. The largest absolute Gasteiger partial charge is 0.510 e. The summed E-state index contributed by atoms with van der Waals surface area (Å²) in [6.07, 6.45) is 5.28. The molecule has 3 aromatic heterocycles. The molecule has 0 saturated carbocycles. The molecule has 5 nitrogen and oxygen atoms in total. The molecule has 4 heterocycles. The second-order valence-electron chi connectivity index (χ2n) is 22.0. The molecule has 12 aromatic carbocycles. The maximum atomic E-state index is 10.1. The molecule has 15 aromatic rings. The van der Waals surface area contributed by atoms with Crippen LogP contribution in [0.3, 0.4) is 0 Å². The Balaban J connectivity index is 0.0000102. The van der Waals surface area contributed by atoms with Crippen LogP contribution in [0.5, 0.6) is 11.5 Å². The zero-order valence-electron chi connectivity index (χ0n) is 72.4. The number of hydrogen-bond acceptors (Lipinski definition) is 2. The van der Waals surface area contributed by atoms with Crippen molar-refractivity contribution in [1.82, 2.24) is 14.1 Å². The van der Waals surface area contributed by atoms with E-state index in [1.807, 2.05) is 47.0 Å². The fourth-order valence-corrected chi connectivity index (χ4v) is 16.1. The smallest absolute Gasteiger partial charge is 0.268 e. The number of pyridine rings is 1. The van der Waals surface area contributed by atoms with Crippen molar-refractivity contribution in [2.45, 2.75) is 26.2 Å². The summed E-state index contributed by atoms with van der Waals surface area (Å²) >= 11 is 0. The molecule has 428 valence electrons. The standard InChI is InChI=1S/C82H58N4OSi.Pt/c1-82(2,3)58-48-49-83-78(50-58)86-75-45-22-21-40-70(75)71-47-46-61(52-76(71)86)87-60-31-23-30-59(51-60)84-55-85-80-67(57-28-11-5-12-29-57)42-25-44-73(80)79-66(56-26-9-4-10-27-56)41-24-43-72(79)68-38-19-20-39-69(68)74-53-65(54-77(84)81(74)85)88(62-32-13-6-14-33-62,63-34-15-7-16-35-63)64-36-17-8-18-37-64;/h4-50,53-54H,1-3H3;/q-2;/i4D,5D,6D,7D,8D,9D,10D,11D,12D,13D,14D,15D,16D,17D,18D,26D,27D,28D,29D,32D,33D,34D,35D,36D,37D;. The van der Waals surface area contributed by atoms with Gasteiger partial charge in [0.1, 0.15) is 5.82 Å². The first-order valence-corrected chi connectivity index (χ1v) is 30.1. The first kappa shape index (κ1) is 34.3. The van der Waals surface area contributed by atoms with Crippen molar-refractivity contribution in [3.8, 4) is 84.3 Å². The van der Waals surface area contributed by atoms with Crippen LogP contribution in [-0.2, 0) is 26.5 Å². The minimum absolute atomic E-state index is 0. The van der Waals surface area contributed by atoms with E-state index in [-0.39, 0.29) is 121 Å². The molecule has 1 aliphatic rings. The second-order valence-corrected chi connectivity index (χ2v) is 25.6. The predicted octanol–water partition coefficient (Wildman–Crippen LogP) is 16.9. The fraction of sp³-hybridized carbons (Fsp3) is 0.0488. The van der Waals surface area contributed by atoms with E-state index in [1.165, 1.54) is 27.3 Å². The van der Waals surface area contributed by atoms with Gasteiger partial charge in [0.05, 0.1) is 51.0 Å². The minimum atomic E-state index is -6.08. The maximum absolute atomic E-state index is 10.1. The van der Waals surface area contributed by atoms with Gasteiger partial charge >= 0.3 is 0 Å². The third-order valence-corrected chi connectivity index (χ3v) is 20.2. The van der Waals surface area contributed by atoms with Gasteiger partial charge in [-0.1, -0.05) is 268 Å². The van der Waals surface area contributed by atoms with Crippen LogP contribution in [0.1, 0.15) is 60.6 Å². The van der Waals surface area contributed by atoms with Crippen LogP contribution >= 0.6 is 0 Å². The van der Waals surface area contributed by atoms with E-state index in [4.69, 9.17) is 19.3 Å². The summed E-state index contributed by atoms with van der Waals surface area (Å²) in [7, 11) is -6.08. The molecule has 0 saturated heterocycles. The average Bonchev–Trinajstić information content (AvgIpc) is 0.987. The molecular weight excluding hydrogens is 1280 g/mol. The van der Waals surface area contributed by atoms with Crippen molar-refractivity contribution in [1.29, 1.82) is 0 Å². The van der Waals surface area contributed by atoms with E-state index >= 15 is 0 Å². The number of rotatable bonds is 10. The van der Waals surface area contributed by atoms with Gasteiger partial charge in [-0.3, -0.25) is 4.57 Å². The summed E-state index contributed by atoms with van der Waals surface area (Å²) in [5, 5.41) is -1.01. The van der Waals surface area contributed by atoms with Gasteiger partial charge in [0.15, 0.2) is 8.07 Å². The predicted molar refractivity (Wildman–Crippen MR) is 363 cm³/mol. The van der Waals surface area contributed by atoms with Gasteiger partial charge in [-0.15, -0.1) is 29.7 Å². The number of nitrogens with zero attached hydrogens (tertiary/aromatic N) is 4. The van der Waals surface area contributed by atoms with E-state index in [1.54, 1.807) is 85.1 Å². The first-order chi connectivity index (χ1) is 53.6. The van der Waals surface area contributed by atoms with Crippen molar-refractivity contribution in [2.24, 2.45) is 0 Å². The van der Waals surface area contributed by atoms with Crippen LogP contribution < -0.4 is 30.1 Å². The Hall–Kier alpha value is -10.2. The monoisotopic (exact) mass is 1360 g/mol. The fourth-order valence-electron chi connectivity index (χ4n) is 12.2. The summed E-state index contributed by atoms with van der Waals surface area (Å²) < 4.78 is 249. The molecule has 7 heteroatoms. The van der Waals surface area contributed by atoms with Gasteiger partial charge < -0.3 is 13.9 Å². The molecule has 0 fully saturated rings. The Morgan fingerprint density at radius 2 is 1.02 bits per heavy atom. The van der Waals surface area contributed by atoms with Gasteiger partial charge in [-0.25, -0.2) is 4.98 Å². The summed E-state index contributed by atoms with van der Waals surface area (Å²) in [5.74, 6) is 0.840. The van der Waals surface area contributed by atoms with Crippen LogP contribution in [0.15, 0.2) is 297 Å². The van der Waals surface area contributed by atoms with E-state index in [0.717, 1.165) is 21.9 Å². The topological polar surface area (TPSA) is 35.9 Å². The van der Waals surface area contributed by atoms with Gasteiger partial charge in [0.2, 0.25) is 0 Å². The summed E-state index contributed by atoms with van der Waals surface area (Å²) in [5.41, 5.74) is 2.51. The van der Waals surface area contributed by atoms with Gasteiger partial charge in [-0.05, 0) is 117 Å². The third-order valence-electron chi connectivity index (χ3n) is 16.1. The molecule has 0 radical (unpaired) electrons. The van der Waals surface area contributed by atoms with E-state index in [0.29, 0.717) is 11.3 Å². The second kappa shape index (κ2) is 22.5. The quantitative estimate of drug-likeness (QED) is 0.0592. The van der Waals surface area contributed by atoms with Crippen molar-refractivity contribution in [2.75, 3.05) is 0 Å². The molecule has 0 aliphatic carbocycles. The molecule has 0 atom stereocenters.